The van der Waals surface area contributed by atoms with Crippen molar-refractivity contribution in [2.75, 3.05) is 0 Å². The molecule has 0 aliphatic heterocycles. The third-order valence-corrected chi connectivity index (χ3v) is 4.01. The van der Waals surface area contributed by atoms with E-state index in [-0.39, 0.29) is 5.41 Å². The molecule has 0 amide bonds. The Morgan fingerprint density at radius 3 is 2.65 bits per heavy atom. The second-order valence-corrected chi connectivity index (χ2v) is 6.90. The van der Waals surface area contributed by atoms with Gasteiger partial charge in [-0.25, -0.2) is 0 Å². The van der Waals surface area contributed by atoms with Crippen LogP contribution >= 0.6 is 0 Å². The number of allylic oxidation sites excluding steroid dienone is 3. The zero-order valence-electron chi connectivity index (χ0n) is 11.4. The van der Waals surface area contributed by atoms with E-state index in [0.717, 1.165) is 18.8 Å². The topological polar surface area (TPSA) is 17.1 Å². The lowest BCUT2D eigenvalue weighted by molar-refractivity contribution is -0.125. The molecule has 0 saturated heterocycles. The summed E-state index contributed by atoms with van der Waals surface area (Å²) >= 11 is 0. The quantitative estimate of drug-likeness (QED) is 0.649. The van der Waals surface area contributed by atoms with E-state index >= 15 is 0 Å². The summed E-state index contributed by atoms with van der Waals surface area (Å²) in [5.74, 6) is 1.80. The average Bonchev–Trinajstić information content (AvgIpc) is 2.13. The van der Waals surface area contributed by atoms with Gasteiger partial charge < -0.3 is 0 Å². The van der Waals surface area contributed by atoms with E-state index in [1.165, 1.54) is 24.0 Å². The van der Waals surface area contributed by atoms with E-state index in [9.17, 15) is 4.79 Å². The first kappa shape index (κ1) is 12.6. The molecule has 1 nitrogen and oxygen atoms in total. The number of Topliss-reactive ketones (excluding diaryl/α,β-unsaturated/α-hetero) is 1. The van der Waals surface area contributed by atoms with Crippen molar-refractivity contribution < 1.29 is 4.79 Å². The van der Waals surface area contributed by atoms with Gasteiger partial charge in [0.05, 0.1) is 0 Å². The van der Waals surface area contributed by atoms with Crippen LogP contribution in [0.4, 0.5) is 0 Å². The smallest absolute Gasteiger partial charge is 0.142 e. The molecule has 1 fully saturated rings. The maximum absolute atomic E-state index is 12.1. The van der Waals surface area contributed by atoms with Gasteiger partial charge in [-0.3, -0.25) is 4.79 Å². The van der Waals surface area contributed by atoms with Gasteiger partial charge in [-0.15, -0.1) is 0 Å². The molecule has 0 aromatic rings. The summed E-state index contributed by atoms with van der Waals surface area (Å²) in [6.07, 6.45) is 7.79. The maximum Gasteiger partial charge on any atom is 0.142 e. The molecule has 0 aromatic carbocycles. The highest BCUT2D eigenvalue weighted by molar-refractivity contribution is 5.85. The fourth-order valence-electron chi connectivity index (χ4n) is 3.11. The van der Waals surface area contributed by atoms with Crippen molar-refractivity contribution in [3.63, 3.8) is 0 Å². The second-order valence-electron chi connectivity index (χ2n) is 6.90. The lowest BCUT2D eigenvalue weighted by atomic mass is 9.70. The zero-order chi connectivity index (χ0) is 12.6. The van der Waals surface area contributed by atoms with Gasteiger partial charge in [-0.1, -0.05) is 44.6 Å². The summed E-state index contributed by atoms with van der Waals surface area (Å²) in [4.78, 5) is 12.1. The van der Waals surface area contributed by atoms with E-state index in [0.29, 0.717) is 18.1 Å². The van der Waals surface area contributed by atoms with Gasteiger partial charge >= 0.3 is 0 Å². The van der Waals surface area contributed by atoms with Crippen LogP contribution in [0.15, 0.2) is 23.8 Å². The van der Waals surface area contributed by atoms with Gasteiger partial charge in [0.15, 0.2) is 0 Å². The molecule has 2 atom stereocenters. The van der Waals surface area contributed by atoms with Crippen LogP contribution in [0.1, 0.15) is 52.9 Å². The number of hydrogen-bond acceptors (Lipinski definition) is 1. The predicted molar refractivity (Wildman–Crippen MR) is 71.8 cm³/mol. The number of hydrogen-bond donors (Lipinski definition) is 0. The Morgan fingerprint density at radius 2 is 2.06 bits per heavy atom. The molecule has 94 valence electrons. The predicted octanol–water partition coefficient (Wildman–Crippen LogP) is 4.29. The Labute approximate surface area is 105 Å². The maximum atomic E-state index is 12.1. The third kappa shape index (κ3) is 3.08. The normalized spacial score (nSPS) is 28.9. The van der Waals surface area contributed by atoms with Gasteiger partial charge in [0.1, 0.15) is 5.78 Å². The number of carbonyl (C=O) groups is 1. The van der Waals surface area contributed by atoms with Crippen molar-refractivity contribution in [2.45, 2.75) is 52.9 Å². The number of carbonyl (C=O) groups excluding carboxylic acids is 1. The SMILES string of the molecule is C=C1CC2C=C(CC(=O)C(C)(C)C)CC(C1)C2. The monoisotopic (exact) mass is 232 g/mol. The van der Waals surface area contributed by atoms with E-state index < -0.39 is 0 Å². The highest BCUT2D eigenvalue weighted by Crippen LogP contribution is 2.42. The van der Waals surface area contributed by atoms with Crippen LogP contribution in [0, 0.1) is 17.3 Å². The number of ketones is 1. The van der Waals surface area contributed by atoms with Gasteiger partial charge in [-0.05, 0) is 37.5 Å². The van der Waals surface area contributed by atoms with Crippen LogP contribution in [0.25, 0.3) is 0 Å². The van der Waals surface area contributed by atoms with Crippen LogP contribution in [0.5, 0.6) is 0 Å². The standard InChI is InChI=1S/C16H24O/c1-11-5-12-7-13(6-11)9-14(8-12)10-15(17)16(2,3)4/h8,12-13H,1,5-7,9-10H2,2-4H3. The Bertz CT molecular complexity index is 367. The molecule has 2 rings (SSSR count). The van der Waals surface area contributed by atoms with Crippen molar-refractivity contribution in [2.24, 2.45) is 17.3 Å². The zero-order valence-corrected chi connectivity index (χ0v) is 11.4. The summed E-state index contributed by atoms with van der Waals surface area (Å²) in [6.45, 7) is 10.2. The Hall–Kier alpha value is -0.850. The molecule has 1 heteroatoms. The van der Waals surface area contributed by atoms with E-state index in [2.05, 4.69) is 12.7 Å². The molecular formula is C16H24O. The van der Waals surface area contributed by atoms with Crippen LogP contribution in [0.2, 0.25) is 0 Å². The molecule has 2 aliphatic rings. The molecule has 0 radical (unpaired) electrons. The molecule has 2 aliphatic carbocycles. The summed E-state index contributed by atoms with van der Waals surface area (Å²) in [5, 5.41) is 0. The molecule has 0 spiro atoms. The van der Waals surface area contributed by atoms with Crippen LogP contribution in [-0.2, 0) is 4.79 Å². The second kappa shape index (κ2) is 4.44. The minimum Gasteiger partial charge on any atom is -0.299 e. The summed E-state index contributed by atoms with van der Waals surface area (Å²) in [7, 11) is 0. The minimum atomic E-state index is -0.197. The highest BCUT2D eigenvalue weighted by Gasteiger charge is 2.30. The molecule has 0 aromatic heterocycles. The Balaban J connectivity index is 2.04. The van der Waals surface area contributed by atoms with Crippen molar-refractivity contribution in [1.29, 1.82) is 0 Å². The molecule has 0 heterocycles. The Kier molecular flexibility index (Phi) is 3.29. The van der Waals surface area contributed by atoms with Crippen molar-refractivity contribution in [3.8, 4) is 0 Å². The molecule has 2 unspecified atom stereocenters. The summed E-state index contributed by atoms with van der Waals surface area (Å²) in [6, 6.07) is 0. The largest absolute Gasteiger partial charge is 0.299 e. The summed E-state index contributed by atoms with van der Waals surface area (Å²) in [5.41, 5.74) is 2.60. The van der Waals surface area contributed by atoms with Gasteiger partial charge in [0, 0.05) is 11.8 Å². The first-order valence-corrected chi connectivity index (χ1v) is 6.74. The van der Waals surface area contributed by atoms with Crippen molar-refractivity contribution >= 4 is 5.78 Å². The lowest BCUT2D eigenvalue weighted by Gasteiger charge is -2.35. The first-order chi connectivity index (χ1) is 7.84. The van der Waals surface area contributed by atoms with Gasteiger partial charge in [-0.2, -0.15) is 0 Å². The Morgan fingerprint density at radius 1 is 1.35 bits per heavy atom. The molecule has 0 N–H and O–H groups in total. The highest BCUT2D eigenvalue weighted by atomic mass is 16.1. The fraction of sp³-hybridized carbons (Fsp3) is 0.688. The van der Waals surface area contributed by atoms with E-state index in [1.807, 2.05) is 20.8 Å². The van der Waals surface area contributed by atoms with Crippen LogP contribution < -0.4 is 0 Å². The van der Waals surface area contributed by atoms with Gasteiger partial charge in [0.25, 0.3) is 0 Å². The molecule has 2 bridgehead atoms. The number of fused-ring (bicyclic) bond motifs is 2. The first-order valence-electron chi connectivity index (χ1n) is 6.74. The van der Waals surface area contributed by atoms with Crippen LogP contribution in [0.3, 0.4) is 0 Å². The van der Waals surface area contributed by atoms with Crippen molar-refractivity contribution in [3.05, 3.63) is 23.8 Å². The summed E-state index contributed by atoms with van der Waals surface area (Å²) < 4.78 is 0. The number of rotatable bonds is 2. The van der Waals surface area contributed by atoms with Gasteiger partial charge in [0.2, 0.25) is 0 Å². The molecule has 17 heavy (non-hydrogen) atoms. The van der Waals surface area contributed by atoms with E-state index in [1.54, 1.807) is 0 Å². The minimum absolute atomic E-state index is 0.197. The fourth-order valence-corrected chi connectivity index (χ4v) is 3.11. The molecular weight excluding hydrogens is 208 g/mol. The van der Waals surface area contributed by atoms with Crippen molar-refractivity contribution in [1.82, 2.24) is 0 Å². The third-order valence-electron chi connectivity index (χ3n) is 4.01. The van der Waals surface area contributed by atoms with Crippen LogP contribution in [-0.4, -0.2) is 5.78 Å². The lowest BCUT2D eigenvalue weighted by Crippen LogP contribution is -2.25. The van der Waals surface area contributed by atoms with E-state index in [4.69, 9.17) is 0 Å². The molecule has 1 saturated carbocycles. The average molecular weight is 232 g/mol.